The van der Waals surface area contributed by atoms with Crippen LogP contribution < -0.4 is 5.73 Å². The fourth-order valence-electron chi connectivity index (χ4n) is 1.17. The predicted octanol–water partition coefficient (Wildman–Crippen LogP) is 1.35. The minimum atomic E-state index is -0.411. The van der Waals surface area contributed by atoms with Gasteiger partial charge in [-0.2, -0.15) is 0 Å². The molecule has 0 spiro atoms. The van der Waals surface area contributed by atoms with Gasteiger partial charge in [0.25, 0.3) is 5.91 Å². The van der Waals surface area contributed by atoms with E-state index in [2.05, 4.69) is 9.97 Å². The molecule has 0 fully saturated rings. The third-order valence-corrected chi connectivity index (χ3v) is 2.95. The molecule has 2 aromatic rings. The number of aryl methyl sites for hydroxylation is 1. The molecule has 2 heterocycles. The van der Waals surface area contributed by atoms with Crippen LogP contribution >= 0.6 is 11.3 Å². The van der Waals surface area contributed by atoms with E-state index in [1.807, 2.05) is 6.92 Å². The van der Waals surface area contributed by atoms with Crippen molar-refractivity contribution in [1.29, 1.82) is 0 Å². The summed E-state index contributed by atoms with van der Waals surface area (Å²) in [6, 6.07) is 1.71. The number of thiophene rings is 1. The summed E-state index contributed by atoms with van der Waals surface area (Å²) in [6.45, 7) is 1.99. The summed E-state index contributed by atoms with van der Waals surface area (Å²) in [5.74, 6) is 0.373. The van der Waals surface area contributed by atoms with Crippen LogP contribution in [0, 0.1) is 0 Å². The molecular formula is C9H9N3OS. The first-order valence-corrected chi connectivity index (χ1v) is 5.07. The van der Waals surface area contributed by atoms with E-state index in [4.69, 9.17) is 5.73 Å². The van der Waals surface area contributed by atoms with E-state index in [1.54, 1.807) is 12.3 Å². The lowest BCUT2D eigenvalue weighted by Gasteiger charge is -1.92. The number of nitrogens with zero attached hydrogens (tertiary/aromatic N) is 2. The standard InChI is InChI=1S/C9H9N3OS/c1-2-8-11-4-7-5(12-8)3-6(14-7)9(10)13/h3-4H,2H2,1H3,(H2,10,13). The Bertz CT molecular complexity index is 492. The van der Waals surface area contributed by atoms with Crippen LogP contribution in [0.4, 0.5) is 0 Å². The number of aromatic nitrogens is 2. The highest BCUT2D eigenvalue weighted by molar-refractivity contribution is 7.20. The Balaban J connectivity index is 2.60. The van der Waals surface area contributed by atoms with Gasteiger partial charge >= 0.3 is 0 Å². The van der Waals surface area contributed by atoms with Crippen molar-refractivity contribution in [3.63, 3.8) is 0 Å². The van der Waals surface area contributed by atoms with Crippen molar-refractivity contribution < 1.29 is 4.79 Å². The number of nitrogens with two attached hydrogens (primary N) is 1. The predicted molar refractivity (Wildman–Crippen MR) is 55.3 cm³/mol. The van der Waals surface area contributed by atoms with Gasteiger partial charge in [0.1, 0.15) is 5.82 Å². The molecule has 14 heavy (non-hydrogen) atoms. The topological polar surface area (TPSA) is 68.9 Å². The summed E-state index contributed by atoms with van der Waals surface area (Å²) < 4.78 is 0.899. The van der Waals surface area contributed by atoms with Gasteiger partial charge in [0, 0.05) is 12.6 Å². The van der Waals surface area contributed by atoms with E-state index in [0.29, 0.717) is 4.88 Å². The third kappa shape index (κ3) is 1.46. The van der Waals surface area contributed by atoms with Crippen LogP contribution in [0.3, 0.4) is 0 Å². The second-order valence-electron chi connectivity index (χ2n) is 2.86. The number of hydrogen-bond acceptors (Lipinski definition) is 4. The maximum atomic E-state index is 10.9. The van der Waals surface area contributed by atoms with Gasteiger partial charge in [-0.05, 0) is 6.07 Å². The van der Waals surface area contributed by atoms with Gasteiger partial charge < -0.3 is 5.73 Å². The zero-order valence-electron chi connectivity index (χ0n) is 7.65. The molecule has 2 rings (SSSR count). The Kier molecular flexibility index (Phi) is 2.17. The Hall–Kier alpha value is -1.49. The molecule has 0 unspecified atom stereocenters. The van der Waals surface area contributed by atoms with Crippen LogP contribution in [-0.2, 0) is 6.42 Å². The Labute approximate surface area is 84.8 Å². The average Bonchev–Trinajstić information content (AvgIpc) is 2.59. The van der Waals surface area contributed by atoms with Crippen LogP contribution in [0.2, 0.25) is 0 Å². The lowest BCUT2D eigenvalue weighted by Crippen LogP contribution is -2.08. The minimum Gasteiger partial charge on any atom is -0.365 e. The van der Waals surface area contributed by atoms with Gasteiger partial charge in [0.05, 0.1) is 15.1 Å². The lowest BCUT2D eigenvalue weighted by molar-refractivity contribution is 0.100. The first kappa shape index (κ1) is 9.08. The Morgan fingerprint density at radius 2 is 2.43 bits per heavy atom. The van der Waals surface area contributed by atoms with E-state index in [-0.39, 0.29) is 0 Å². The quantitative estimate of drug-likeness (QED) is 0.808. The van der Waals surface area contributed by atoms with E-state index >= 15 is 0 Å². The van der Waals surface area contributed by atoms with Gasteiger partial charge in [-0.1, -0.05) is 6.92 Å². The first-order valence-electron chi connectivity index (χ1n) is 4.26. The molecule has 0 bridgehead atoms. The SMILES string of the molecule is CCc1ncc2sc(C(N)=O)cc2n1. The number of carbonyl (C=O) groups excluding carboxylic acids is 1. The average molecular weight is 207 g/mol. The highest BCUT2D eigenvalue weighted by Crippen LogP contribution is 2.22. The maximum Gasteiger partial charge on any atom is 0.258 e. The fraction of sp³-hybridized carbons (Fsp3) is 0.222. The molecule has 72 valence electrons. The smallest absolute Gasteiger partial charge is 0.258 e. The molecule has 0 aliphatic carbocycles. The molecule has 0 atom stereocenters. The normalized spacial score (nSPS) is 10.6. The zero-order chi connectivity index (χ0) is 10.1. The van der Waals surface area contributed by atoms with E-state index in [0.717, 1.165) is 22.5 Å². The second kappa shape index (κ2) is 3.34. The molecular weight excluding hydrogens is 198 g/mol. The molecule has 1 amide bonds. The summed E-state index contributed by atoms with van der Waals surface area (Å²) in [5, 5.41) is 0. The molecule has 0 saturated heterocycles. The molecule has 4 nitrogen and oxygen atoms in total. The maximum absolute atomic E-state index is 10.9. The number of amides is 1. The molecule has 2 N–H and O–H groups in total. The summed E-state index contributed by atoms with van der Waals surface area (Å²) in [5.41, 5.74) is 5.97. The van der Waals surface area contributed by atoms with Crippen molar-refractivity contribution in [3.05, 3.63) is 23.0 Å². The monoisotopic (exact) mass is 207 g/mol. The summed E-state index contributed by atoms with van der Waals surface area (Å²) in [7, 11) is 0. The highest BCUT2D eigenvalue weighted by atomic mass is 32.1. The highest BCUT2D eigenvalue weighted by Gasteiger charge is 2.08. The first-order chi connectivity index (χ1) is 6.70. The Morgan fingerprint density at radius 3 is 3.07 bits per heavy atom. The number of primary amides is 1. The number of fused-ring (bicyclic) bond motifs is 1. The van der Waals surface area contributed by atoms with E-state index in [1.165, 1.54) is 11.3 Å². The molecule has 0 aliphatic rings. The number of hydrogen-bond donors (Lipinski definition) is 1. The molecule has 0 aliphatic heterocycles. The fourth-order valence-corrected chi connectivity index (χ4v) is 1.99. The van der Waals surface area contributed by atoms with Gasteiger partial charge in [0.2, 0.25) is 0 Å². The molecule has 0 saturated carbocycles. The van der Waals surface area contributed by atoms with Crippen molar-refractivity contribution in [1.82, 2.24) is 9.97 Å². The minimum absolute atomic E-state index is 0.411. The molecule has 2 aromatic heterocycles. The lowest BCUT2D eigenvalue weighted by atomic mass is 10.4. The van der Waals surface area contributed by atoms with Crippen LogP contribution in [0.5, 0.6) is 0 Å². The van der Waals surface area contributed by atoms with Crippen molar-refractivity contribution >= 4 is 27.5 Å². The summed E-state index contributed by atoms with van der Waals surface area (Å²) in [4.78, 5) is 19.9. The zero-order valence-corrected chi connectivity index (χ0v) is 8.47. The largest absolute Gasteiger partial charge is 0.365 e. The summed E-state index contributed by atoms with van der Waals surface area (Å²) >= 11 is 1.33. The van der Waals surface area contributed by atoms with Crippen LogP contribution in [-0.4, -0.2) is 15.9 Å². The number of rotatable bonds is 2. The molecule has 0 radical (unpaired) electrons. The number of carbonyl (C=O) groups is 1. The summed E-state index contributed by atoms with van der Waals surface area (Å²) in [6.07, 6.45) is 2.52. The second-order valence-corrected chi connectivity index (χ2v) is 3.95. The van der Waals surface area contributed by atoms with Crippen LogP contribution in [0.15, 0.2) is 12.3 Å². The van der Waals surface area contributed by atoms with Crippen molar-refractivity contribution in [3.8, 4) is 0 Å². The van der Waals surface area contributed by atoms with Crippen LogP contribution in [0.25, 0.3) is 10.2 Å². The van der Waals surface area contributed by atoms with E-state index < -0.39 is 5.91 Å². The van der Waals surface area contributed by atoms with Crippen LogP contribution in [0.1, 0.15) is 22.4 Å². The van der Waals surface area contributed by atoms with E-state index in [9.17, 15) is 4.79 Å². The van der Waals surface area contributed by atoms with Gasteiger partial charge in [-0.15, -0.1) is 11.3 Å². The van der Waals surface area contributed by atoms with Gasteiger partial charge in [0.15, 0.2) is 0 Å². The third-order valence-electron chi connectivity index (χ3n) is 1.88. The van der Waals surface area contributed by atoms with Crippen molar-refractivity contribution in [2.75, 3.05) is 0 Å². The molecule has 5 heteroatoms. The van der Waals surface area contributed by atoms with Crippen molar-refractivity contribution in [2.45, 2.75) is 13.3 Å². The molecule has 0 aromatic carbocycles. The van der Waals surface area contributed by atoms with Gasteiger partial charge in [-0.3, -0.25) is 4.79 Å². The van der Waals surface area contributed by atoms with Crippen molar-refractivity contribution in [2.24, 2.45) is 5.73 Å². The van der Waals surface area contributed by atoms with Gasteiger partial charge in [-0.25, -0.2) is 9.97 Å². The Morgan fingerprint density at radius 1 is 1.64 bits per heavy atom.